The van der Waals surface area contributed by atoms with Gasteiger partial charge in [-0.2, -0.15) is 11.8 Å². The molecule has 0 saturated carbocycles. The molecule has 1 unspecified atom stereocenters. The number of furan rings is 1. The highest BCUT2D eigenvalue weighted by Crippen LogP contribution is 2.38. The Hall–Kier alpha value is -1.39. The Morgan fingerprint density at radius 1 is 1.30 bits per heavy atom. The van der Waals surface area contributed by atoms with Crippen molar-refractivity contribution in [2.45, 2.75) is 25.5 Å². The number of hydrogen-bond donors (Lipinski definition) is 0. The highest BCUT2D eigenvalue weighted by atomic mass is 35.5. The summed E-state index contributed by atoms with van der Waals surface area (Å²) in [5.41, 5.74) is 1.85. The Labute approximate surface area is 146 Å². The molecule has 0 radical (unpaired) electrons. The lowest BCUT2D eigenvalue weighted by Gasteiger charge is -2.20. The summed E-state index contributed by atoms with van der Waals surface area (Å²) in [6.45, 7) is 5.22. The number of thioether (sulfide) groups is 1. The molecular weight excluding hydrogens is 330 g/mol. The van der Waals surface area contributed by atoms with Gasteiger partial charge in [-0.3, -0.25) is 4.79 Å². The summed E-state index contributed by atoms with van der Waals surface area (Å²) in [4.78, 5) is 14.7. The molecule has 23 heavy (non-hydrogen) atoms. The van der Waals surface area contributed by atoms with E-state index in [-0.39, 0.29) is 5.91 Å². The van der Waals surface area contributed by atoms with Gasteiger partial charge < -0.3 is 9.32 Å². The van der Waals surface area contributed by atoms with Gasteiger partial charge in [0.2, 0.25) is 0 Å². The van der Waals surface area contributed by atoms with Gasteiger partial charge in [-0.05, 0) is 38.0 Å². The largest absolute Gasteiger partial charge is 0.466 e. The zero-order valence-corrected chi connectivity index (χ0v) is 14.9. The van der Waals surface area contributed by atoms with Crippen molar-refractivity contribution in [3.05, 3.63) is 58.0 Å². The molecule has 0 aliphatic carbocycles. The molecule has 2 heterocycles. The van der Waals surface area contributed by atoms with E-state index in [1.807, 2.05) is 54.8 Å². The molecule has 0 spiro atoms. The molecule has 1 aliphatic rings. The van der Waals surface area contributed by atoms with Gasteiger partial charge >= 0.3 is 0 Å². The van der Waals surface area contributed by atoms with Crippen molar-refractivity contribution in [2.24, 2.45) is 0 Å². The summed E-state index contributed by atoms with van der Waals surface area (Å²) in [5, 5.41) is 1.15. The average molecular weight is 350 g/mol. The lowest BCUT2D eigenvalue weighted by molar-refractivity contribution is 0.0765. The molecule has 1 saturated heterocycles. The minimum absolute atomic E-state index is 0.0692. The van der Waals surface area contributed by atoms with Crippen LogP contribution in [-0.2, 0) is 0 Å². The van der Waals surface area contributed by atoms with Crippen molar-refractivity contribution in [1.82, 2.24) is 4.90 Å². The van der Waals surface area contributed by atoms with E-state index in [2.05, 4.69) is 6.07 Å². The zero-order chi connectivity index (χ0) is 16.4. The van der Waals surface area contributed by atoms with Crippen LogP contribution in [0.3, 0.4) is 0 Å². The van der Waals surface area contributed by atoms with Crippen LogP contribution in [0.4, 0.5) is 0 Å². The average Bonchev–Trinajstić information content (AvgIpc) is 2.74. The third kappa shape index (κ3) is 3.59. The molecule has 1 aromatic carbocycles. The van der Waals surface area contributed by atoms with Crippen molar-refractivity contribution in [2.75, 3.05) is 18.8 Å². The third-order valence-electron chi connectivity index (χ3n) is 4.15. The van der Waals surface area contributed by atoms with Crippen LogP contribution in [0, 0.1) is 13.8 Å². The summed E-state index contributed by atoms with van der Waals surface area (Å²) >= 11 is 8.20. The minimum Gasteiger partial charge on any atom is -0.466 e. The summed E-state index contributed by atoms with van der Waals surface area (Å²) in [6.07, 6.45) is 0.913. The van der Waals surface area contributed by atoms with Gasteiger partial charge in [0, 0.05) is 29.1 Å². The predicted molar refractivity (Wildman–Crippen MR) is 95.4 cm³/mol. The van der Waals surface area contributed by atoms with Crippen molar-refractivity contribution >= 4 is 29.3 Å². The third-order valence-corrected chi connectivity index (χ3v) is 5.81. The predicted octanol–water partition coefficient (Wildman–Crippen LogP) is 4.87. The first-order valence-corrected chi connectivity index (χ1v) is 9.21. The Morgan fingerprint density at radius 3 is 2.78 bits per heavy atom. The first-order chi connectivity index (χ1) is 11.1. The monoisotopic (exact) mass is 349 g/mol. The molecule has 5 heteroatoms. The van der Waals surface area contributed by atoms with Crippen LogP contribution < -0.4 is 0 Å². The van der Waals surface area contributed by atoms with Gasteiger partial charge in [0.1, 0.15) is 11.5 Å². The van der Waals surface area contributed by atoms with E-state index >= 15 is 0 Å². The normalized spacial score (nSPS) is 18.7. The van der Waals surface area contributed by atoms with Crippen molar-refractivity contribution in [1.29, 1.82) is 0 Å². The van der Waals surface area contributed by atoms with E-state index in [4.69, 9.17) is 16.0 Å². The number of amides is 1. The van der Waals surface area contributed by atoms with E-state index in [1.165, 1.54) is 5.56 Å². The van der Waals surface area contributed by atoms with Gasteiger partial charge in [0.25, 0.3) is 5.91 Å². The lowest BCUT2D eigenvalue weighted by atomic mass is 10.1. The molecule has 1 fully saturated rings. The maximum atomic E-state index is 12.7. The van der Waals surface area contributed by atoms with Crippen LogP contribution >= 0.6 is 23.4 Å². The first-order valence-electron chi connectivity index (χ1n) is 7.78. The summed E-state index contributed by atoms with van der Waals surface area (Å²) in [6, 6.07) is 9.82. The standard InChI is InChI=1S/C18H20ClNO2S/c1-12-11-15(13(2)22-12)18(21)20-8-7-17(23-10-9-20)14-5-3-4-6-16(14)19/h3-6,11,17H,7-10H2,1-2H3. The molecule has 2 aromatic rings. The SMILES string of the molecule is Cc1cc(C(=O)N2CCSC(c3ccccc3Cl)CC2)c(C)o1. The number of benzene rings is 1. The quantitative estimate of drug-likeness (QED) is 0.775. The van der Waals surface area contributed by atoms with Crippen LogP contribution in [0.1, 0.15) is 39.1 Å². The molecule has 0 N–H and O–H groups in total. The van der Waals surface area contributed by atoms with Crippen molar-refractivity contribution in [3.63, 3.8) is 0 Å². The van der Waals surface area contributed by atoms with E-state index in [1.54, 1.807) is 0 Å². The smallest absolute Gasteiger partial charge is 0.257 e. The van der Waals surface area contributed by atoms with Gasteiger partial charge in [-0.25, -0.2) is 0 Å². The Morgan fingerprint density at radius 2 is 2.09 bits per heavy atom. The Bertz CT molecular complexity index is 713. The molecule has 3 rings (SSSR count). The number of nitrogens with zero attached hydrogens (tertiary/aromatic N) is 1. The number of aryl methyl sites for hydroxylation is 2. The fraction of sp³-hybridized carbons (Fsp3) is 0.389. The zero-order valence-electron chi connectivity index (χ0n) is 13.3. The maximum absolute atomic E-state index is 12.7. The van der Waals surface area contributed by atoms with Crippen LogP contribution in [0.2, 0.25) is 5.02 Å². The fourth-order valence-electron chi connectivity index (χ4n) is 2.97. The second-order valence-electron chi connectivity index (χ2n) is 5.79. The van der Waals surface area contributed by atoms with E-state index in [0.29, 0.717) is 16.6 Å². The molecule has 0 bridgehead atoms. The second-order valence-corrected chi connectivity index (χ2v) is 7.51. The van der Waals surface area contributed by atoms with Gasteiger partial charge in [0.15, 0.2) is 0 Å². The van der Waals surface area contributed by atoms with E-state index < -0.39 is 0 Å². The van der Waals surface area contributed by atoms with Crippen molar-refractivity contribution < 1.29 is 9.21 Å². The van der Waals surface area contributed by atoms with Crippen molar-refractivity contribution in [3.8, 4) is 0 Å². The molecule has 3 nitrogen and oxygen atoms in total. The summed E-state index contributed by atoms with van der Waals surface area (Å²) in [7, 11) is 0. The molecule has 1 aromatic heterocycles. The highest BCUT2D eigenvalue weighted by Gasteiger charge is 2.25. The molecule has 1 aliphatic heterocycles. The molecular formula is C18H20ClNO2S. The van der Waals surface area contributed by atoms with Crippen LogP contribution in [0.5, 0.6) is 0 Å². The molecule has 1 amide bonds. The summed E-state index contributed by atoms with van der Waals surface area (Å²) < 4.78 is 5.49. The molecule has 1 atom stereocenters. The van der Waals surface area contributed by atoms with Crippen LogP contribution in [-0.4, -0.2) is 29.6 Å². The highest BCUT2D eigenvalue weighted by molar-refractivity contribution is 7.99. The Kier molecular flexibility index (Phi) is 5.02. The number of carbonyl (C=O) groups is 1. The van der Waals surface area contributed by atoms with E-state index in [0.717, 1.165) is 36.0 Å². The number of halogens is 1. The summed E-state index contributed by atoms with van der Waals surface area (Å²) in [5.74, 6) is 2.47. The van der Waals surface area contributed by atoms with Gasteiger partial charge in [0.05, 0.1) is 5.56 Å². The fourth-order valence-corrected chi connectivity index (χ4v) is 4.57. The minimum atomic E-state index is 0.0692. The number of rotatable bonds is 2. The number of carbonyl (C=O) groups excluding carboxylic acids is 1. The maximum Gasteiger partial charge on any atom is 0.257 e. The topological polar surface area (TPSA) is 33.5 Å². The van der Waals surface area contributed by atoms with E-state index in [9.17, 15) is 4.79 Å². The van der Waals surface area contributed by atoms with Crippen LogP contribution in [0.25, 0.3) is 0 Å². The van der Waals surface area contributed by atoms with Gasteiger partial charge in [-0.15, -0.1) is 0 Å². The lowest BCUT2D eigenvalue weighted by Crippen LogP contribution is -2.33. The number of hydrogen-bond acceptors (Lipinski definition) is 3. The second kappa shape index (κ2) is 7.02. The molecule has 122 valence electrons. The first kappa shape index (κ1) is 16.5. The Balaban J connectivity index is 1.73. The van der Waals surface area contributed by atoms with Gasteiger partial charge in [-0.1, -0.05) is 29.8 Å². The van der Waals surface area contributed by atoms with Crippen LogP contribution in [0.15, 0.2) is 34.7 Å².